The number of hydrogen-bond donors (Lipinski definition) is 2. The molecule has 0 fully saturated rings. The SMILES string of the molecule is Cc1c(C(C)NC(=O)C(C)(N)c2ccccc2)cnn1C.Cl. The lowest BCUT2D eigenvalue weighted by molar-refractivity contribution is -0.126. The number of carbonyl (C=O) groups is 1. The first-order valence-electron chi connectivity index (χ1n) is 6.98. The minimum Gasteiger partial charge on any atom is -0.348 e. The lowest BCUT2D eigenvalue weighted by Gasteiger charge is -2.26. The molecule has 0 bridgehead atoms. The summed E-state index contributed by atoms with van der Waals surface area (Å²) in [5.74, 6) is -0.204. The number of nitrogens with one attached hydrogen (secondary N) is 1. The zero-order chi connectivity index (χ0) is 15.6. The van der Waals surface area contributed by atoms with E-state index in [1.54, 1.807) is 17.8 Å². The quantitative estimate of drug-likeness (QED) is 0.906. The van der Waals surface area contributed by atoms with Crippen LogP contribution in [0.15, 0.2) is 36.5 Å². The van der Waals surface area contributed by atoms with E-state index in [-0.39, 0.29) is 24.4 Å². The van der Waals surface area contributed by atoms with E-state index in [1.165, 1.54) is 0 Å². The molecule has 0 aliphatic heterocycles. The van der Waals surface area contributed by atoms with Crippen LogP contribution in [0.4, 0.5) is 0 Å². The third-order valence-electron chi connectivity index (χ3n) is 3.93. The van der Waals surface area contributed by atoms with Gasteiger partial charge in [-0.3, -0.25) is 9.48 Å². The van der Waals surface area contributed by atoms with Gasteiger partial charge in [0.05, 0.1) is 12.2 Å². The van der Waals surface area contributed by atoms with Crippen LogP contribution in [-0.4, -0.2) is 15.7 Å². The Labute approximate surface area is 137 Å². The number of nitrogens with two attached hydrogens (primary N) is 1. The highest BCUT2D eigenvalue weighted by atomic mass is 35.5. The largest absolute Gasteiger partial charge is 0.348 e. The molecule has 5 nitrogen and oxygen atoms in total. The fourth-order valence-electron chi connectivity index (χ4n) is 2.28. The molecule has 0 radical (unpaired) electrons. The molecule has 0 saturated carbocycles. The second kappa shape index (κ2) is 6.94. The first-order valence-corrected chi connectivity index (χ1v) is 6.98. The summed E-state index contributed by atoms with van der Waals surface area (Å²) in [4.78, 5) is 12.5. The van der Waals surface area contributed by atoms with E-state index in [0.717, 1.165) is 16.8 Å². The molecular formula is C16H23ClN4O. The van der Waals surface area contributed by atoms with Crippen LogP contribution in [0.5, 0.6) is 0 Å². The Morgan fingerprint density at radius 2 is 1.95 bits per heavy atom. The molecule has 3 N–H and O–H groups in total. The third-order valence-corrected chi connectivity index (χ3v) is 3.93. The minimum atomic E-state index is -1.06. The average Bonchev–Trinajstić information content (AvgIpc) is 2.80. The monoisotopic (exact) mass is 322 g/mol. The van der Waals surface area contributed by atoms with Crippen molar-refractivity contribution >= 4 is 18.3 Å². The summed E-state index contributed by atoms with van der Waals surface area (Å²) in [6, 6.07) is 9.24. The topological polar surface area (TPSA) is 72.9 Å². The fraction of sp³-hybridized carbons (Fsp3) is 0.375. The molecule has 1 amide bonds. The first-order chi connectivity index (χ1) is 9.84. The zero-order valence-corrected chi connectivity index (χ0v) is 14.1. The summed E-state index contributed by atoms with van der Waals surface area (Å²) in [5.41, 5.74) is 7.97. The normalized spacial score (nSPS) is 14.6. The van der Waals surface area contributed by atoms with Crippen LogP contribution in [0.1, 0.15) is 36.7 Å². The molecule has 2 atom stereocenters. The highest BCUT2D eigenvalue weighted by Crippen LogP contribution is 2.21. The van der Waals surface area contributed by atoms with Crippen molar-refractivity contribution in [3.8, 4) is 0 Å². The molecule has 1 heterocycles. The molecule has 120 valence electrons. The van der Waals surface area contributed by atoms with Gasteiger partial charge in [-0.15, -0.1) is 12.4 Å². The molecule has 2 rings (SSSR count). The van der Waals surface area contributed by atoms with E-state index in [9.17, 15) is 4.79 Å². The van der Waals surface area contributed by atoms with Gasteiger partial charge in [0.2, 0.25) is 5.91 Å². The molecule has 0 aliphatic carbocycles. The van der Waals surface area contributed by atoms with Crippen LogP contribution in [0.25, 0.3) is 0 Å². The minimum absolute atomic E-state index is 0. The van der Waals surface area contributed by atoms with Crippen LogP contribution in [-0.2, 0) is 17.4 Å². The van der Waals surface area contributed by atoms with Gasteiger partial charge in [0.1, 0.15) is 5.54 Å². The Morgan fingerprint density at radius 3 is 2.45 bits per heavy atom. The van der Waals surface area contributed by atoms with E-state index in [1.807, 2.05) is 51.2 Å². The van der Waals surface area contributed by atoms with Gasteiger partial charge < -0.3 is 11.1 Å². The lowest BCUT2D eigenvalue weighted by Crippen LogP contribution is -2.49. The number of amides is 1. The number of benzene rings is 1. The Hall–Kier alpha value is -1.85. The van der Waals surface area contributed by atoms with Crippen LogP contribution >= 0.6 is 12.4 Å². The zero-order valence-electron chi connectivity index (χ0n) is 13.3. The summed E-state index contributed by atoms with van der Waals surface area (Å²) in [6.45, 7) is 5.63. The Balaban J connectivity index is 0.00000242. The number of rotatable bonds is 4. The van der Waals surface area contributed by atoms with Crippen molar-refractivity contribution in [2.75, 3.05) is 0 Å². The van der Waals surface area contributed by atoms with E-state index < -0.39 is 5.54 Å². The molecule has 2 unspecified atom stereocenters. The van der Waals surface area contributed by atoms with Gasteiger partial charge in [-0.1, -0.05) is 30.3 Å². The number of nitrogens with zero attached hydrogens (tertiary/aromatic N) is 2. The second-order valence-electron chi connectivity index (χ2n) is 5.57. The molecule has 0 spiro atoms. The molecule has 6 heteroatoms. The van der Waals surface area contributed by atoms with E-state index in [4.69, 9.17) is 5.73 Å². The van der Waals surface area contributed by atoms with E-state index in [0.29, 0.717) is 0 Å². The maximum absolute atomic E-state index is 12.5. The van der Waals surface area contributed by atoms with E-state index >= 15 is 0 Å². The maximum Gasteiger partial charge on any atom is 0.244 e. The van der Waals surface area contributed by atoms with Crippen LogP contribution in [0.3, 0.4) is 0 Å². The highest BCUT2D eigenvalue weighted by Gasteiger charge is 2.31. The van der Waals surface area contributed by atoms with Gasteiger partial charge in [-0.2, -0.15) is 5.10 Å². The highest BCUT2D eigenvalue weighted by molar-refractivity contribution is 5.87. The fourth-order valence-corrected chi connectivity index (χ4v) is 2.28. The predicted molar refractivity (Wildman–Crippen MR) is 89.7 cm³/mol. The van der Waals surface area contributed by atoms with Gasteiger partial charge in [0.25, 0.3) is 0 Å². The molecule has 2 aromatic rings. The Kier molecular flexibility index (Phi) is 5.74. The van der Waals surface area contributed by atoms with Crippen molar-refractivity contribution in [3.05, 3.63) is 53.3 Å². The van der Waals surface area contributed by atoms with Gasteiger partial charge in [-0.25, -0.2) is 0 Å². The van der Waals surface area contributed by atoms with Gasteiger partial charge in [-0.05, 0) is 26.3 Å². The Bertz CT molecular complexity index is 637. The summed E-state index contributed by atoms with van der Waals surface area (Å²) in [6.07, 6.45) is 1.77. The summed E-state index contributed by atoms with van der Waals surface area (Å²) in [7, 11) is 1.88. The molecule has 1 aromatic heterocycles. The summed E-state index contributed by atoms with van der Waals surface area (Å²) >= 11 is 0. The molecule has 1 aromatic carbocycles. The second-order valence-corrected chi connectivity index (χ2v) is 5.57. The van der Waals surface area contributed by atoms with Gasteiger partial charge >= 0.3 is 0 Å². The smallest absolute Gasteiger partial charge is 0.244 e. The lowest BCUT2D eigenvalue weighted by atomic mass is 9.92. The van der Waals surface area contributed by atoms with Crippen LogP contribution in [0.2, 0.25) is 0 Å². The van der Waals surface area contributed by atoms with Gasteiger partial charge in [0.15, 0.2) is 0 Å². The van der Waals surface area contributed by atoms with Crippen molar-refractivity contribution < 1.29 is 4.79 Å². The van der Waals surface area contributed by atoms with E-state index in [2.05, 4.69) is 10.4 Å². The molecule has 0 saturated heterocycles. The number of aromatic nitrogens is 2. The third kappa shape index (κ3) is 3.48. The van der Waals surface area contributed by atoms with Crippen molar-refractivity contribution in [3.63, 3.8) is 0 Å². The molecule has 22 heavy (non-hydrogen) atoms. The number of aryl methyl sites for hydroxylation is 1. The maximum atomic E-state index is 12.5. The van der Waals surface area contributed by atoms with Crippen molar-refractivity contribution in [1.29, 1.82) is 0 Å². The number of halogens is 1. The number of carbonyl (C=O) groups excluding carboxylic acids is 1. The van der Waals surface area contributed by atoms with Crippen molar-refractivity contribution in [2.45, 2.75) is 32.4 Å². The Morgan fingerprint density at radius 1 is 1.36 bits per heavy atom. The standard InChI is InChI=1S/C16H22N4O.ClH/c1-11(14-10-18-20(4)12(14)2)19-15(21)16(3,17)13-8-6-5-7-9-13;/h5-11H,17H2,1-4H3,(H,19,21);1H. The average molecular weight is 323 g/mol. The summed E-state index contributed by atoms with van der Waals surface area (Å²) in [5, 5.41) is 7.17. The number of hydrogen-bond acceptors (Lipinski definition) is 3. The van der Waals surface area contributed by atoms with Crippen LogP contribution < -0.4 is 11.1 Å². The van der Waals surface area contributed by atoms with Crippen molar-refractivity contribution in [1.82, 2.24) is 15.1 Å². The first kappa shape index (κ1) is 18.2. The van der Waals surface area contributed by atoms with Crippen molar-refractivity contribution in [2.24, 2.45) is 12.8 Å². The molecule has 0 aliphatic rings. The van der Waals surface area contributed by atoms with Gasteiger partial charge in [0, 0.05) is 18.3 Å². The predicted octanol–water partition coefficient (Wildman–Crippen LogP) is 2.20. The van der Waals surface area contributed by atoms with Crippen LogP contribution in [0, 0.1) is 6.92 Å². The molecular weight excluding hydrogens is 300 g/mol. The summed E-state index contributed by atoms with van der Waals surface area (Å²) < 4.78 is 1.79.